The van der Waals surface area contributed by atoms with Crippen molar-refractivity contribution in [3.05, 3.63) is 0 Å². The number of nitrogens with one attached hydrogen (secondary N) is 1. The zero-order chi connectivity index (χ0) is 27.2. The van der Waals surface area contributed by atoms with Crippen LogP contribution < -0.4 is 5.32 Å². The van der Waals surface area contributed by atoms with Crippen molar-refractivity contribution in [1.29, 1.82) is 0 Å². The van der Waals surface area contributed by atoms with E-state index in [1.54, 1.807) is 6.92 Å². The van der Waals surface area contributed by atoms with Gasteiger partial charge in [-0.15, -0.1) is 0 Å². The van der Waals surface area contributed by atoms with Gasteiger partial charge in [0.25, 0.3) is 0 Å². The second kappa shape index (κ2) is 29.9. The van der Waals surface area contributed by atoms with Crippen LogP contribution in [0.25, 0.3) is 0 Å². The van der Waals surface area contributed by atoms with Gasteiger partial charge in [-0.1, -0.05) is 174 Å². The molecule has 0 aliphatic carbocycles. The zero-order valence-corrected chi connectivity index (χ0v) is 25.3. The fourth-order valence-electron chi connectivity index (χ4n) is 5.27. The molecule has 3 N–H and O–H groups in total. The third kappa shape index (κ3) is 26.8. The van der Waals surface area contributed by atoms with E-state index in [1.165, 1.54) is 148 Å². The zero-order valence-electron chi connectivity index (χ0n) is 25.3. The van der Waals surface area contributed by atoms with Gasteiger partial charge in [-0.3, -0.25) is 4.79 Å². The molecule has 222 valence electrons. The second-order valence-electron chi connectivity index (χ2n) is 11.6. The standard InChI is InChI=1S/C33H67NO3/c1-3-5-6-7-8-9-10-11-12-13-14-15-16-17-18-19-20-21-22-23-24-25-26-27-28-29-32(36)31(30-35)34-33(37)4-2/h31-32,35-36H,3-30H2,1-2H3,(H,34,37). The van der Waals surface area contributed by atoms with Crippen LogP contribution >= 0.6 is 0 Å². The smallest absolute Gasteiger partial charge is 0.220 e. The number of hydrogen-bond donors (Lipinski definition) is 3. The molecule has 0 bridgehead atoms. The van der Waals surface area contributed by atoms with Crippen LogP contribution in [-0.2, 0) is 4.79 Å². The first-order valence-electron chi connectivity index (χ1n) is 16.7. The molecule has 2 unspecified atom stereocenters. The molecule has 0 saturated carbocycles. The van der Waals surface area contributed by atoms with Crippen LogP contribution in [-0.4, -0.2) is 34.9 Å². The maximum absolute atomic E-state index is 11.4. The molecule has 0 rings (SSSR count). The Bertz CT molecular complexity index is 457. The minimum Gasteiger partial charge on any atom is -0.394 e. The lowest BCUT2D eigenvalue weighted by molar-refractivity contribution is -0.122. The van der Waals surface area contributed by atoms with Crippen molar-refractivity contribution in [2.24, 2.45) is 0 Å². The van der Waals surface area contributed by atoms with Gasteiger partial charge in [0.2, 0.25) is 5.91 Å². The predicted molar refractivity (Wildman–Crippen MR) is 161 cm³/mol. The lowest BCUT2D eigenvalue weighted by atomic mass is 10.0. The summed E-state index contributed by atoms with van der Waals surface area (Å²) in [7, 11) is 0. The lowest BCUT2D eigenvalue weighted by Crippen LogP contribution is -2.45. The van der Waals surface area contributed by atoms with Gasteiger partial charge < -0.3 is 15.5 Å². The van der Waals surface area contributed by atoms with Gasteiger partial charge in [-0.2, -0.15) is 0 Å². The molecular formula is C33H67NO3. The molecule has 2 atom stereocenters. The molecule has 4 heteroatoms. The third-order valence-electron chi connectivity index (χ3n) is 7.93. The summed E-state index contributed by atoms with van der Waals surface area (Å²) in [4.78, 5) is 11.4. The number of aliphatic hydroxyl groups is 2. The predicted octanol–water partition coefficient (Wildman–Crippen LogP) is 9.40. The maximum Gasteiger partial charge on any atom is 0.220 e. The van der Waals surface area contributed by atoms with Crippen molar-refractivity contribution in [3.8, 4) is 0 Å². The Morgan fingerprint density at radius 2 is 0.838 bits per heavy atom. The fraction of sp³-hybridized carbons (Fsp3) is 0.970. The molecule has 0 aliphatic rings. The average Bonchev–Trinajstić information content (AvgIpc) is 2.91. The van der Waals surface area contributed by atoms with Crippen molar-refractivity contribution in [2.45, 2.75) is 199 Å². The molecule has 37 heavy (non-hydrogen) atoms. The van der Waals surface area contributed by atoms with Gasteiger partial charge >= 0.3 is 0 Å². The van der Waals surface area contributed by atoms with Gasteiger partial charge in [-0.25, -0.2) is 0 Å². The number of unbranched alkanes of at least 4 members (excludes halogenated alkanes) is 24. The molecule has 1 amide bonds. The van der Waals surface area contributed by atoms with E-state index >= 15 is 0 Å². The van der Waals surface area contributed by atoms with Gasteiger partial charge in [0.05, 0.1) is 18.8 Å². The number of amides is 1. The van der Waals surface area contributed by atoms with Crippen LogP contribution in [0.1, 0.15) is 187 Å². The third-order valence-corrected chi connectivity index (χ3v) is 7.93. The quantitative estimate of drug-likeness (QED) is 0.0818. The second-order valence-corrected chi connectivity index (χ2v) is 11.6. The van der Waals surface area contributed by atoms with E-state index in [-0.39, 0.29) is 12.5 Å². The van der Waals surface area contributed by atoms with E-state index in [2.05, 4.69) is 12.2 Å². The van der Waals surface area contributed by atoms with E-state index in [1.807, 2.05) is 0 Å². The summed E-state index contributed by atoms with van der Waals surface area (Å²) in [5.74, 6) is -0.118. The Labute approximate surface area is 232 Å². The minimum absolute atomic E-state index is 0.118. The first-order chi connectivity index (χ1) is 18.2. The molecule has 0 aliphatic heterocycles. The Kier molecular flexibility index (Phi) is 29.4. The average molecular weight is 526 g/mol. The highest BCUT2D eigenvalue weighted by Gasteiger charge is 2.19. The highest BCUT2D eigenvalue weighted by molar-refractivity contribution is 5.75. The van der Waals surface area contributed by atoms with Crippen LogP contribution in [0, 0.1) is 0 Å². The van der Waals surface area contributed by atoms with E-state index in [4.69, 9.17) is 0 Å². The number of carbonyl (C=O) groups excluding carboxylic acids is 1. The highest BCUT2D eigenvalue weighted by Crippen LogP contribution is 2.16. The molecule has 0 spiro atoms. The summed E-state index contributed by atoms with van der Waals surface area (Å²) >= 11 is 0. The molecule has 0 fully saturated rings. The maximum atomic E-state index is 11.4. The number of carbonyl (C=O) groups is 1. The SMILES string of the molecule is CCCCCCCCCCCCCCCCCCCCCCCCCCCC(O)C(CO)NC(=O)CC. The minimum atomic E-state index is -0.648. The Balaban J connectivity index is 3.22. The number of hydrogen-bond acceptors (Lipinski definition) is 3. The van der Waals surface area contributed by atoms with Gasteiger partial charge in [0.15, 0.2) is 0 Å². The van der Waals surface area contributed by atoms with Crippen LogP contribution in [0.4, 0.5) is 0 Å². The first kappa shape index (κ1) is 36.4. The molecule has 0 saturated heterocycles. The van der Waals surface area contributed by atoms with Gasteiger partial charge in [0, 0.05) is 6.42 Å². The summed E-state index contributed by atoms with van der Waals surface area (Å²) in [6, 6.07) is -0.526. The van der Waals surface area contributed by atoms with E-state index in [9.17, 15) is 15.0 Å². The van der Waals surface area contributed by atoms with Gasteiger partial charge in [0.1, 0.15) is 0 Å². The van der Waals surface area contributed by atoms with E-state index < -0.39 is 12.1 Å². The van der Waals surface area contributed by atoms with Crippen LogP contribution in [0.2, 0.25) is 0 Å². The van der Waals surface area contributed by atoms with Crippen LogP contribution in [0.3, 0.4) is 0 Å². The lowest BCUT2D eigenvalue weighted by Gasteiger charge is -2.22. The van der Waals surface area contributed by atoms with E-state index in [0.29, 0.717) is 12.8 Å². The normalized spacial score (nSPS) is 13.1. The molecule has 4 nitrogen and oxygen atoms in total. The highest BCUT2D eigenvalue weighted by atomic mass is 16.3. The molecule has 0 aromatic rings. The Hall–Kier alpha value is -0.610. The molecule has 0 radical (unpaired) electrons. The topological polar surface area (TPSA) is 69.6 Å². The molecular weight excluding hydrogens is 458 g/mol. The Morgan fingerprint density at radius 1 is 0.541 bits per heavy atom. The van der Waals surface area contributed by atoms with E-state index in [0.717, 1.165) is 12.8 Å². The summed E-state index contributed by atoms with van der Waals surface area (Å²) in [6.07, 6.45) is 35.0. The van der Waals surface area contributed by atoms with Crippen LogP contribution in [0.5, 0.6) is 0 Å². The number of rotatable bonds is 30. The van der Waals surface area contributed by atoms with Crippen molar-refractivity contribution >= 4 is 5.91 Å². The monoisotopic (exact) mass is 526 g/mol. The van der Waals surface area contributed by atoms with Crippen LogP contribution in [0.15, 0.2) is 0 Å². The molecule has 0 aromatic heterocycles. The van der Waals surface area contributed by atoms with Crippen molar-refractivity contribution in [3.63, 3.8) is 0 Å². The fourth-order valence-corrected chi connectivity index (χ4v) is 5.27. The molecule has 0 aromatic carbocycles. The first-order valence-corrected chi connectivity index (χ1v) is 16.7. The van der Waals surface area contributed by atoms with Crippen molar-refractivity contribution in [1.82, 2.24) is 5.32 Å². The number of aliphatic hydroxyl groups excluding tert-OH is 2. The van der Waals surface area contributed by atoms with Gasteiger partial charge in [-0.05, 0) is 6.42 Å². The summed E-state index contributed by atoms with van der Waals surface area (Å²) in [5.41, 5.74) is 0. The van der Waals surface area contributed by atoms with Crippen molar-refractivity contribution < 1.29 is 15.0 Å². The molecule has 0 heterocycles. The summed E-state index contributed by atoms with van der Waals surface area (Å²) in [5, 5.41) is 22.2. The summed E-state index contributed by atoms with van der Waals surface area (Å²) < 4.78 is 0. The Morgan fingerprint density at radius 3 is 1.11 bits per heavy atom. The van der Waals surface area contributed by atoms with Crippen molar-refractivity contribution in [2.75, 3.05) is 6.61 Å². The summed E-state index contributed by atoms with van der Waals surface area (Å²) in [6.45, 7) is 3.87. The largest absolute Gasteiger partial charge is 0.394 e.